The first-order chi connectivity index (χ1) is 10.8. The Morgan fingerprint density at radius 1 is 1.43 bits per heavy atom. The summed E-state index contributed by atoms with van der Waals surface area (Å²) in [6.07, 6.45) is 2.12. The van der Waals surface area contributed by atoms with E-state index >= 15 is 0 Å². The topological polar surface area (TPSA) is 135 Å². The van der Waals surface area contributed by atoms with E-state index in [4.69, 9.17) is 9.96 Å². The lowest BCUT2D eigenvalue weighted by Crippen LogP contribution is -2.50. The Hall–Kier alpha value is -1.43. The van der Waals surface area contributed by atoms with Crippen LogP contribution in [0.1, 0.15) is 19.3 Å². The van der Waals surface area contributed by atoms with Crippen molar-refractivity contribution in [2.75, 3.05) is 26.2 Å². The second kappa shape index (κ2) is 6.23. The minimum atomic E-state index is -4.74. The van der Waals surface area contributed by atoms with Crippen molar-refractivity contribution in [3.63, 3.8) is 0 Å². The summed E-state index contributed by atoms with van der Waals surface area (Å²) in [5.41, 5.74) is 0. The fourth-order valence-corrected chi connectivity index (χ4v) is 3.78. The minimum absolute atomic E-state index is 0.261. The number of amides is 2. The van der Waals surface area contributed by atoms with Gasteiger partial charge in [0.15, 0.2) is 0 Å². The molecule has 23 heavy (non-hydrogen) atoms. The molecule has 0 radical (unpaired) electrons. The van der Waals surface area contributed by atoms with Gasteiger partial charge in [-0.3, -0.25) is 9.96 Å². The lowest BCUT2D eigenvalue weighted by Gasteiger charge is -2.31. The lowest BCUT2D eigenvalue weighted by atomic mass is 9.99. The molecule has 3 aliphatic heterocycles. The molecule has 3 aliphatic rings. The average molecular weight is 347 g/mol. The molecule has 3 fully saturated rings. The van der Waals surface area contributed by atoms with E-state index in [1.807, 2.05) is 0 Å². The van der Waals surface area contributed by atoms with Crippen LogP contribution in [-0.4, -0.2) is 73.1 Å². The molecule has 1 unspecified atom stereocenters. The third-order valence-corrected chi connectivity index (χ3v) is 4.92. The third kappa shape index (κ3) is 3.57. The monoisotopic (exact) mass is 347 g/mol. The van der Waals surface area contributed by atoms with Crippen molar-refractivity contribution in [2.24, 2.45) is 5.92 Å². The quantitative estimate of drug-likeness (QED) is 0.289. The Morgan fingerprint density at radius 3 is 2.87 bits per heavy atom. The van der Waals surface area contributed by atoms with E-state index in [0.717, 1.165) is 19.5 Å². The van der Waals surface area contributed by atoms with E-state index in [2.05, 4.69) is 14.9 Å². The first kappa shape index (κ1) is 16.4. The molecule has 0 saturated carbocycles. The average Bonchev–Trinajstić information content (AvgIpc) is 3.08. The highest BCUT2D eigenvalue weighted by molar-refractivity contribution is 7.80. The molecule has 4 N–H and O–H groups in total. The Kier molecular flexibility index (Phi) is 4.45. The Balaban J connectivity index is 1.60. The molecule has 0 aliphatic carbocycles. The molecule has 2 amide bonds. The molecular weight excluding hydrogens is 326 g/mol. The smallest absolute Gasteiger partial charge is 0.372 e. The van der Waals surface area contributed by atoms with Crippen LogP contribution < -0.4 is 10.6 Å². The van der Waals surface area contributed by atoms with E-state index in [0.29, 0.717) is 30.4 Å². The van der Waals surface area contributed by atoms with Gasteiger partial charge in [0.25, 0.3) is 0 Å². The van der Waals surface area contributed by atoms with Crippen LogP contribution in [0.25, 0.3) is 0 Å². The zero-order chi connectivity index (χ0) is 16.6. The lowest BCUT2D eigenvalue weighted by molar-refractivity contribution is -0.0316. The van der Waals surface area contributed by atoms with Gasteiger partial charge in [-0.05, 0) is 38.3 Å². The standard InChI is InChI=1S/C12H21N5O5S/c13-11(15-6-8-3-4-14-5-8)10-2-1-9-7-16(10)12(18)17(9)22-23(19,20)21/h8-10,14H,1-7H2,(H2,13,15)(H,19,20,21)/t8?,9-,10+/m1/s1. The zero-order valence-corrected chi connectivity index (χ0v) is 13.4. The minimum Gasteiger partial charge on any atom is -0.372 e. The van der Waals surface area contributed by atoms with Gasteiger partial charge in [0.05, 0.1) is 12.1 Å². The normalized spacial score (nSPS) is 30.8. The summed E-state index contributed by atoms with van der Waals surface area (Å²) in [5, 5.41) is 15.2. The molecule has 0 spiro atoms. The van der Waals surface area contributed by atoms with E-state index in [-0.39, 0.29) is 12.4 Å². The number of hydrogen-bond acceptors (Lipinski definition) is 6. The van der Waals surface area contributed by atoms with Gasteiger partial charge in [0, 0.05) is 13.1 Å². The SMILES string of the molecule is N=C(NCC1CCNC1)[C@@H]1CC[C@@H]2CN1C(=O)N2OS(=O)(=O)O. The maximum atomic E-state index is 12.3. The predicted octanol–water partition coefficient (Wildman–Crippen LogP) is -0.834. The van der Waals surface area contributed by atoms with Crippen molar-refractivity contribution in [3.05, 3.63) is 0 Å². The first-order valence-corrected chi connectivity index (χ1v) is 9.01. The summed E-state index contributed by atoms with van der Waals surface area (Å²) in [6, 6.07) is -1.47. The number of amidine groups is 1. The largest absolute Gasteiger partial charge is 0.418 e. The van der Waals surface area contributed by atoms with Gasteiger partial charge in [-0.1, -0.05) is 0 Å². The highest BCUT2D eigenvalue weighted by atomic mass is 32.3. The molecule has 0 aromatic carbocycles. The highest BCUT2D eigenvalue weighted by Crippen LogP contribution is 2.30. The molecule has 3 atom stereocenters. The molecular formula is C12H21N5O5S. The number of hydrogen-bond donors (Lipinski definition) is 4. The summed E-state index contributed by atoms with van der Waals surface area (Å²) >= 11 is 0. The highest BCUT2D eigenvalue weighted by Gasteiger charge is 2.48. The van der Waals surface area contributed by atoms with Gasteiger partial charge in [0.2, 0.25) is 0 Å². The van der Waals surface area contributed by atoms with Gasteiger partial charge >= 0.3 is 16.4 Å². The van der Waals surface area contributed by atoms with Crippen LogP contribution in [0.4, 0.5) is 4.79 Å². The fraction of sp³-hybridized carbons (Fsp3) is 0.833. The van der Waals surface area contributed by atoms with Gasteiger partial charge in [-0.15, -0.1) is 4.28 Å². The summed E-state index contributed by atoms with van der Waals surface area (Å²) < 4.78 is 34.8. The van der Waals surface area contributed by atoms with Crippen molar-refractivity contribution in [1.82, 2.24) is 20.6 Å². The van der Waals surface area contributed by atoms with Crippen LogP contribution in [0, 0.1) is 11.3 Å². The molecule has 2 bridgehead atoms. The van der Waals surface area contributed by atoms with Crippen LogP contribution in [0.15, 0.2) is 0 Å². The molecule has 3 saturated heterocycles. The summed E-state index contributed by atoms with van der Waals surface area (Å²) in [6.45, 7) is 2.87. The van der Waals surface area contributed by atoms with Gasteiger partial charge in [0.1, 0.15) is 5.84 Å². The molecule has 130 valence electrons. The Labute approximate surface area is 134 Å². The number of piperidine rings is 1. The summed E-state index contributed by atoms with van der Waals surface area (Å²) in [4.78, 5) is 13.7. The number of hydroxylamine groups is 2. The van der Waals surface area contributed by atoms with Gasteiger partial charge in [-0.25, -0.2) is 4.79 Å². The molecule has 0 aromatic rings. The van der Waals surface area contributed by atoms with E-state index in [1.54, 1.807) is 0 Å². The van der Waals surface area contributed by atoms with E-state index in [9.17, 15) is 13.2 Å². The van der Waals surface area contributed by atoms with Crippen molar-refractivity contribution >= 4 is 22.3 Å². The number of carbonyl (C=O) groups is 1. The van der Waals surface area contributed by atoms with Crippen LogP contribution in [0.5, 0.6) is 0 Å². The molecule has 10 nitrogen and oxygen atoms in total. The maximum absolute atomic E-state index is 12.3. The maximum Gasteiger partial charge on any atom is 0.418 e. The fourth-order valence-electron chi connectivity index (χ4n) is 3.39. The van der Waals surface area contributed by atoms with Crippen LogP contribution in [0.3, 0.4) is 0 Å². The molecule has 3 rings (SSSR count). The van der Waals surface area contributed by atoms with Crippen LogP contribution in [-0.2, 0) is 14.7 Å². The Bertz CT molecular complexity index is 591. The van der Waals surface area contributed by atoms with Crippen molar-refractivity contribution in [2.45, 2.75) is 31.3 Å². The molecule has 3 heterocycles. The summed E-state index contributed by atoms with van der Waals surface area (Å²) in [5.74, 6) is 0.734. The van der Waals surface area contributed by atoms with Crippen molar-refractivity contribution in [1.29, 1.82) is 5.41 Å². The van der Waals surface area contributed by atoms with Crippen molar-refractivity contribution in [3.8, 4) is 0 Å². The second-order valence-corrected chi connectivity index (χ2v) is 7.17. The predicted molar refractivity (Wildman–Crippen MR) is 80.1 cm³/mol. The molecule has 11 heteroatoms. The summed E-state index contributed by atoms with van der Waals surface area (Å²) in [7, 11) is -4.74. The van der Waals surface area contributed by atoms with Gasteiger partial charge in [-0.2, -0.15) is 13.5 Å². The zero-order valence-electron chi connectivity index (χ0n) is 12.6. The van der Waals surface area contributed by atoms with E-state index in [1.165, 1.54) is 4.90 Å². The molecule has 0 aromatic heterocycles. The second-order valence-electron chi connectivity index (χ2n) is 6.16. The van der Waals surface area contributed by atoms with Crippen LogP contribution >= 0.6 is 0 Å². The number of urea groups is 1. The Morgan fingerprint density at radius 2 is 2.22 bits per heavy atom. The first-order valence-electron chi connectivity index (χ1n) is 7.65. The van der Waals surface area contributed by atoms with Crippen LogP contribution in [0.2, 0.25) is 0 Å². The third-order valence-electron chi connectivity index (χ3n) is 4.57. The number of nitrogens with zero attached hydrogens (tertiary/aromatic N) is 2. The number of nitrogens with one attached hydrogen (secondary N) is 3. The van der Waals surface area contributed by atoms with Gasteiger partial charge < -0.3 is 15.5 Å². The number of rotatable bonds is 5. The number of carbonyl (C=O) groups excluding carboxylic acids is 1. The van der Waals surface area contributed by atoms with E-state index < -0.39 is 28.5 Å². The van der Waals surface area contributed by atoms with Crippen molar-refractivity contribution < 1.29 is 22.0 Å². The number of fused-ring (bicyclic) bond motifs is 2.